The number of fused-ring (bicyclic) bond motifs is 1. The standard InChI is InChI=1S/C15H15BrS/c16-15(8-11-6-7-17-10-11)14-5-4-12-2-1-3-13(12)9-14/h4-7,9-10,15H,1-3,8H2. The first-order valence-electron chi connectivity index (χ1n) is 6.10. The second-order valence-corrected chi connectivity index (χ2v) is 6.57. The smallest absolute Gasteiger partial charge is 0.0436 e. The zero-order chi connectivity index (χ0) is 11.7. The molecule has 0 fully saturated rings. The van der Waals surface area contributed by atoms with Crippen LogP contribution in [0.25, 0.3) is 0 Å². The van der Waals surface area contributed by atoms with Crippen molar-refractivity contribution in [3.63, 3.8) is 0 Å². The Labute approximate surface area is 115 Å². The largest absolute Gasteiger partial charge is 0.152 e. The number of benzene rings is 1. The molecule has 2 heteroatoms. The van der Waals surface area contributed by atoms with Crippen molar-refractivity contribution in [1.29, 1.82) is 0 Å². The second kappa shape index (κ2) is 4.95. The third-order valence-electron chi connectivity index (χ3n) is 3.48. The predicted molar refractivity (Wildman–Crippen MR) is 78.2 cm³/mol. The van der Waals surface area contributed by atoms with Crippen LogP contribution in [-0.4, -0.2) is 0 Å². The lowest BCUT2D eigenvalue weighted by Gasteiger charge is -2.11. The van der Waals surface area contributed by atoms with Crippen molar-refractivity contribution in [2.45, 2.75) is 30.5 Å². The van der Waals surface area contributed by atoms with Gasteiger partial charge >= 0.3 is 0 Å². The molecular weight excluding hydrogens is 292 g/mol. The summed E-state index contributed by atoms with van der Waals surface area (Å²) >= 11 is 5.60. The molecule has 1 aromatic carbocycles. The van der Waals surface area contributed by atoms with Gasteiger partial charge in [0, 0.05) is 4.83 Å². The van der Waals surface area contributed by atoms with Gasteiger partial charge in [-0.25, -0.2) is 0 Å². The molecule has 0 nitrogen and oxygen atoms in total. The first kappa shape index (κ1) is 11.5. The molecular formula is C15H15BrS. The van der Waals surface area contributed by atoms with Crippen molar-refractivity contribution >= 4 is 27.3 Å². The van der Waals surface area contributed by atoms with Crippen LogP contribution in [0, 0.1) is 0 Å². The summed E-state index contributed by atoms with van der Waals surface area (Å²) < 4.78 is 0. The van der Waals surface area contributed by atoms with Crippen molar-refractivity contribution in [1.82, 2.24) is 0 Å². The van der Waals surface area contributed by atoms with Crippen LogP contribution in [0.1, 0.15) is 33.5 Å². The van der Waals surface area contributed by atoms with Crippen LogP contribution in [0.2, 0.25) is 0 Å². The molecule has 0 saturated heterocycles. The van der Waals surface area contributed by atoms with Crippen LogP contribution in [0.5, 0.6) is 0 Å². The number of thiophene rings is 1. The Morgan fingerprint density at radius 2 is 2.06 bits per heavy atom. The SMILES string of the molecule is BrC(Cc1ccsc1)c1ccc2c(c1)CCC2. The summed E-state index contributed by atoms with van der Waals surface area (Å²) in [6.07, 6.45) is 4.95. The van der Waals surface area contributed by atoms with Gasteiger partial charge in [0.15, 0.2) is 0 Å². The lowest BCUT2D eigenvalue weighted by molar-refractivity contribution is 0.910. The fraction of sp³-hybridized carbons (Fsp3) is 0.333. The Morgan fingerprint density at radius 1 is 1.18 bits per heavy atom. The van der Waals surface area contributed by atoms with E-state index in [1.54, 1.807) is 22.5 Å². The number of alkyl halides is 1. The molecule has 3 rings (SSSR count). The van der Waals surface area contributed by atoms with Gasteiger partial charge in [-0.15, -0.1) is 0 Å². The van der Waals surface area contributed by atoms with E-state index in [-0.39, 0.29) is 0 Å². The van der Waals surface area contributed by atoms with Crippen LogP contribution < -0.4 is 0 Å². The monoisotopic (exact) mass is 306 g/mol. The molecule has 0 amide bonds. The molecule has 1 aromatic heterocycles. The summed E-state index contributed by atoms with van der Waals surface area (Å²) in [4.78, 5) is 0.447. The van der Waals surface area contributed by atoms with E-state index in [0.29, 0.717) is 4.83 Å². The normalized spacial score (nSPS) is 15.8. The van der Waals surface area contributed by atoms with Gasteiger partial charge in [0.1, 0.15) is 0 Å². The van der Waals surface area contributed by atoms with Gasteiger partial charge in [-0.3, -0.25) is 0 Å². The maximum absolute atomic E-state index is 3.82. The van der Waals surface area contributed by atoms with E-state index in [4.69, 9.17) is 0 Å². The number of hydrogen-bond acceptors (Lipinski definition) is 1. The van der Waals surface area contributed by atoms with Crippen LogP contribution in [-0.2, 0) is 19.3 Å². The molecule has 1 unspecified atom stereocenters. The summed E-state index contributed by atoms with van der Waals surface area (Å²) in [5.41, 5.74) is 5.98. The van der Waals surface area contributed by atoms with Crippen molar-refractivity contribution in [3.8, 4) is 0 Å². The lowest BCUT2D eigenvalue weighted by Crippen LogP contribution is -1.96. The first-order valence-corrected chi connectivity index (χ1v) is 7.95. The average molecular weight is 307 g/mol. The van der Waals surface area contributed by atoms with Gasteiger partial charge < -0.3 is 0 Å². The molecule has 0 bridgehead atoms. The second-order valence-electron chi connectivity index (χ2n) is 4.68. The third-order valence-corrected chi connectivity index (χ3v) is 5.06. The van der Waals surface area contributed by atoms with Crippen LogP contribution >= 0.6 is 27.3 Å². The number of hydrogen-bond donors (Lipinski definition) is 0. The number of aryl methyl sites for hydroxylation is 2. The molecule has 1 heterocycles. The first-order chi connectivity index (χ1) is 8.33. The average Bonchev–Trinajstić information content (AvgIpc) is 2.97. The van der Waals surface area contributed by atoms with E-state index in [1.165, 1.54) is 30.4 Å². The highest BCUT2D eigenvalue weighted by Gasteiger charge is 2.14. The molecule has 0 spiro atoms. The summed E-state index contributed by atoms with van der Waals surface area (Å²) in [5.74, 6) is 0. The molecule has 1 aliphatic carbocycles. The number of rotatable bonds is 3. The Kier molecular flexibility index (Phi) is 3.34. The van der Waals surface area contributed by atoms with E-state index in [1.807, 2.05) is 0 Å². The highest BCUT2D eigenvalue weighted by molar-refractivity contribution is 9.09. The third kappa shape index (κ3) is 2.48. The molecule has 0 radical (unpaired) electrons. The Morgan fingerprint density at radius 3 is 2.88 bits per heavy atom. The van der Waals surface area contributed by atoms with Crippen molar-refractivity contribution in [2.75, 3.05) is 0 Å². The molecule has 1 aliphatic rings. The Balaban J connectivity index is 1.79. The minimum Gasteiger partial charge on any atom is -0.152 e. The predicted octanol–water partition coefficient (Wildman–Crippen LogP) is 4.92. The summed E-state index contributed by atoms with van der Waals surface area (Å²) in [5, 5.41) is 4.39. The van der Waals surface area contributed by atoms with Crippen molar-refractivity contribution < 1.29 is 0 Å². The van der Waals surface area contributed by atoms with Gasteiger partial charge in [0.05, 0.1) is 0 Å². The fourth-order valence-electron chi connectivity index (χ4n) is 2.52. The maximum Gasteiger partial charge on any atom is 0.0436 e. The Hall–Kier alpha value is -0.600. The van der Waals surface area contributed by atoms with E-state index in [9.17, 15) is 0 Å². The van der Waals surface area contributed by atoms with Crippen LogP contribution in [0.15, 0.2) is 35.0 Å². The van der Waals surface area contributed by atoms with E-state index >= 15 is 0 Å². The summed E-state index contributed by atoms with van der Waals surface area (Å²) in [6, 6.07) is 9.22. The molecule has 0 aliphatic heterocycles. The molecule has 0 N–H and O–H groups in total. The van der Waals surface area contributed by atoms with E-state index in [0.717, 1.165) is 6.42 Å². The van der Waals surface area contributed by atoms with Crippen LogP contribution in [0.4, 0.5) is 0 Å². The fourth-order valence-corrected chi connectivity index (χ4v) is 3.86. The highest BCUT2D eigenvalue weighted by Crippen LogP contribution is 2.31. The summed E-state index contributed by atoms with van der Waals surface area (Å²) in [6.45, 7) is 0. The minimum atomic E-state index is 0.447. The molecule has 88 valence electrons. The maximum atomic E-state index is 3.82. The zero-order valence-corrected chi connectivity index (χ0v) is 12.1. The van der Waals surface area contributed by atoms with Gasteiger partial charge in [-0.2, -0.15) is 11.3 Å². The molecule has 2 aromatic rings. The molecule has 0 saturated carbocycles. The molecule has 1 atom stereocenters. The topological polar surface area (TPSA) is 0 Å². The summed E-state index contributed by atoms with van der Waals surface area (Å²) in [7, 11) is 0. The van der Waals surface area contributed by atoms with E-state index < -0.39 is 0 Å². The van der Waals surface area contributed by atoms with Gasteiger partial charge in [0.25, 0.3) is 0 Å². The van der Waals surface area contributed by atoms with E-state index in [2.05, 4.69) is 51.0 Å². The Bertz CT molecular complexity index is 502. The zero-order valence-electron chi connectivity index (χ0n) is 9.66. The lowest BCUT2D eigenvalue weighted by atomic mass is 10.0. The minimum absolute atomic E-state index is 0.447. The van der Waals surface area contributed by atoms with Crippen LogP contribution in [0.3, 0.4) is 0 Å². The van der Waals surface area contributed by atoms with Gasteiger partial charge in [-0.1, -0.05) is 34.1 Å². The van der Waals surface area contributed by atoms with Gasteiger partial charge in [-0.05, 0) is 64.8 Å². The van der Waals surface area contributed by atoms with Gasteiger partial charge in [0.2, 0.25) is 0 Å². The van der Waals surface area contributed by atoms with Crippen molar-refractivity contribution in [3.05, 3.63) is 57.3 Å². The highest BCUT2D eigenvalue weighted by atomic mass is 79.9. The number of halogens is 1. The quantitative estimate of drug-likeness (QED) is 0.706. The van der Waals surface area contributed by atoms with Crippen molar-refractivity contribution in [2.24, 2.45) is 0 Å². The molecule has 17 heavy (non-hydrogen) atoms.